The Labute approximate surface area is 107 Å². The van der Waals surface area contributed by atoms with E-state index < -0.39 is 37.3 Å². The molecule has 0 saturated heterocycles. The van der Waals surface area contributed by atoms with Crippen LogP contribution in [0.25, 0.3) is 0 Å². The van der Waals surface area contributed by atoms with Gasteiger partial charge in [0.15, 0.2) is 0 Å². The molecule has 0 aliphatic carbocycles. The van der Waals surface area contributed by atoms with Crippen molar-refractivity contribution in [3.05, 3.63) is 0 Å². The van der Waals surface area contributed by atoms with Crippen LogP contribution in [0, 0.1) is 0 Å². The van der Waals surface area contributed by atoms with E-state index in [1.165, 1.54) is 13.8 Å². The lowest BCUT2D eigenvalue weighted by molar-refractivity contribution is 0.0900. The molecule has 0 aliphatic heterocycles. The van der Waals surface area contributed by atoms with Crippen molar-refractivity contribution in [2.75, 3.05) is 0 Å². The second kappa shape index (κ2) is 7.21. The molecule has 0 fully saturated rings. The van der Waals surface area contributed by atoms with Crippen molar-refractivity contribution in [3.8, 4) is 0 Å². The maximum atomic E-state index is 11.4. The maximum absolute atomic E-state index is 11.4. The first-order chi connectivity index (χ1) is 8.02. The maximum Gasteiger partial charge on any atom is 0.523 e. The second-order valence-electron chi connectivity index (χ2n) is 3.65. The molecule has 0 aromatic rings. The van der Waals surface area contributed by atoms with Crippen molar-refractivity contribution in [1.29, 1.82) is 0 Å². The molecule has 0 radical (unpaired) electrons. The molecular weight excluding hydrogens is 303 g/mol. The predicted molar refractivity (Wildman–Crippen MR) is 64.2 cm³/mol. The van der Waals surface area contributed by atoms with Crippen molar-refractivity contribution in [3.63, 3.8) is 0 Å². The van der Waals surface area contributed by atoms with E-state index in [4.69, 9.17) is 28.8 Å². The van der Waals surface area contributed by atoms with Gasteiger partial charge in [-0.15, -0.1) is 0 Å². The van der Waals surface area contributed by atoms with Gasteiger partial charge in [-0.25, -0.2) is 0 Å². The average molecular weight is 322 g/mol. The van der Waals surface area contributed by atoms with Crippen LogP contribution < -0.4 is 0 Å². The molecule has 2 unspecified atom stereocenters. The third-order valence-electron chi connectivity index (χ3n) is 2.08. The lowest BCUT2D eigenvalue weighted by atomic mass is 10.5. The Kier molecular flexibility index (Phi) is 7.35. The van der Waals surface area contributed by atoms with E-state index in [0.29, 0.717) is 0 Å². The van der Waals surface area contributed by atoms with Crippen LogP contribution in [-0.4, -0.2) is 57.8 Å². The Morgan fingerprint density at radius 2 is 1.17 bits per heavy atom. The van der Waals surface area contributed by atoms with Crippen molar-refractivity contribution < 1.29 is 42.4 Å². The van der Waals surface area contributed by atoms with Gasteiger partial charge in [0.25, 0.3) is 0 Å². The minimum atomic E-state index is -4.61. The van der Waals surface area contributed by atoms with Crippen LogP contribution >= 0.6 is 8.25 Å². The molecule has 0 heterocycles. The van der Waals surface area contributed by atoms with Gasteiger partial charge in [0.1, 0.15) is 11.5 Å². The van der Waals surface area contributed by atoms with E-state index in [9.17, 15) is 4.57 Å². The molecule has 0 bridgehead atoms. The summed E-state index contributed by atoms with van der Waals surface area (Å²) in [6.07, 6.45) is -0.0432. The first-order valence-electron chi connectivity index (χ1n) is 5.23. The van der Waals surface area contributed by atoms with E-state index in [2.05, 4.69) is 9.05 Å². The summed E-state index contributed by atoms with van der Waals surface area (Å²) in [5.74, 6) is 0. The van der Waals surface area contributed by atoms with Crippen LogP contribution in [0.15, 0.2) is 0 Å². The molecule has 18 heavy (non-hydrogen) atoms. The zero-order valence-electron chi connectivity index (χ0n) is 9.98. The van der Waals surface area contributed by atoms with Crippen LogP contribution in [0.3, 0.4) is 0 Å². The van der Waals surface area contributed by atoms with Crippen LogP contribution in [0.5, 0.6) is 0 Å². The number of rotatable bonds is 8. The van der Waals surface area contributed by atoms with Gasteiger partial charge in [-0.3, -0.25) is 4.57 Å². The summed E-state index contributed by atoms with van der Waals surface area (Å²) in [7, 11) is -12.5. The lowest BCUT2D eigenvalue weighted by Crippen LogP contribution is -2.50. The van der Waals surface area contributed by atoms with E-state index in [1.54, 1.807) is 0 Å². The summed E-state index contributed by atoms with van der Waals surface area (Å²) < 4.78 is 20.6. The van der Waals surface area contributed by atoms with Crippen molar-refractivity contribution >= 4 is 25.9 Å². The monoisotopic (exact) mass is 322 g/mol. The Morgan fingerprint density at radius 3 is 1.33 bits per heavy atom. The minimum Gasteiger partial charge on any atom is -0.388 e. The van der Waals surface area contributed by atoms with Gasteiger partial charge >= 0.3 is 25.9 Å². The van der Waals surface area contributed by atoms with Crippen molar-refractivity contribution in [2.24, 2.45) is 0 Å². The molecule has 0 spiro atoms. The molecule has 0 aromatic heterocycles. The Morgan fingerprint density at radius 1 is 0.889 bits per heavy atom. The van der Waals surface area contributed by atoms with Crippen molar-refractivity contribution in [2.45, 2.75) is 38.1 Å². The van der Waals surface area contributed by atoms with Crippen LogP contribution in [0.2, 0.25) is 0 Å². The van der Waals surface area contributed by atoms with Gasteiger partial charge in [-0.05, 0) is 12.8 Å². The first-order valence-corrected chi connectivity index (χ1v) is 10.3. The fourth-order valence-electron chi connectivity index (χ4n) is 1.13. The van der Waals surface area contributed by atoms with Crippen molar-refractivity contribution in [1.82, 2.24) is 0 Å². The molecule has 0 rings (SSSR count). The SMILES string of the molecule is CCC(O[PH](=O)OC(CC)[Si](O)(O)O)[Si](O)(O)O. The fourth-order valence-corrected chi connectivity index (χ4v) is 4.92. The molecule has 6 N–H and O–H groups in total. The highest BCUT2D eigenvalue weighted by Gasteiger charge is 2.43. The Hall–Kier alpha value is 0.344. The third kappa shape index (κ3) is 6.49. The number of hydrogen-bond acceptors (Lipinski definition) is 9. The Balaban J connectivity index is 4.50. The average Bonchev–Trinajstić information content (AvgIpc) is 2.19. The molecule has 9 nitrogen and oxygen atoms in total. The van der Waals surface area contributed by atoms with Crippen LogP contribution in [0.1, 0.15) is 26.7 Å². The number of hydrogen-bond donors (Lipinski definition) is 6. The Bertz CT molecular complexity index is 249. The summed E-state index contributed by atoms with van der Waals surface area (Å²) in [6, 6.07) is 0. The minimum absolute atomic E-state index is 0.0216. The molecule has 110 valence electrons. The lowest BCUT2D eigenvalue weighted by Gasteiger charge is -2.24. The highest BCUT2D eigenvalue weighted by atomic mass is 31.1. The molecule has 0 amide bonds. The predicted octanol–water partition coefficient (Wildman–Crippen LogP) is -2.12. The van der Waals surface area contributed by atoms with Crippen LogP contribution in [0.4, 0.5) is 0 Å². The van der Waals surface area contributed by atoms with E-state index in [0.717, 1.165) is 0 Å². The highest BCUT2D eigenvalue weighted by molar-refractivity contribution is 7.33. The van der Waals surface area contributed by atoms with E-state index in [1.807, 2.05) is 0 Å². The standard InChI is InChI=1S/C6H19O9PSi2/c1-3-5(17(8,9)10)14-16(7)15-6(4-2)18(11,12)13/h5-6,8-13,16H,3-4H2,1-2H3. The van der Waals surface area contributed by atoms with E-state index >= 15 is 0 Å². The quantitative estimate of drug-likeness (QED) is 0.217. The topological polar surface area (TPSA) is 157 Å². The second-order valence-corrected chi connectivity index (χ2v) is 8.66. The largest absolute Gasteiger partial charge is 0.523 e. The van der Waals surface area contributed by atoms with Gasteiger partial charge in [-0.1, -0.05) is 13.8 Å². The van der Waals surface area contributed by atoms with Gasteiger partial charge in [0, 0.05) is 0 Å². The molecule has 12 heteroatoms. The zero-order valence-corrected chi connectivity index (χ0v) is 13.0. The summed E-state index contributed by atoms with van der Waals surface area (Å²) in [4.78, 5) is 53.9. The molecular formula is C6H19O9PSi2. The fraction of sp³-hybridized carbons (Fsp3) is 1.00. The summed E-state index contributed by atoms with van der Waals surface area (Å²) >= 11 is 0. The van der Waals surface area contributed by atoms with Gasteiger partial charge in [-0.2, -0.15) is 0 Å². The van der Waals surface area contributed by atoms with Crippen LogP contribution in [-0.2, 0) is 13.6 Å². The molecule has 0 saturated carbocycles. The highest BCUT2D eigenvalue weighted by Crippen LogP contribution is 2.32. The zero-order chi connectivity index (χ0) is 14.6. The third-order valence-corrected chi connectivity index (χ3v) is 6.29. The first kappa shape index (κ1) is 18.3. The summed E-state index contributed by atoms with van der Waals surface area (Å²) in [5, 5.41) is 0. The molecule has 0 aromatic carbocycles. The summed E-state index contributed by atoms with van der Waals surface area (Å²) in [5.41, 5.74) is -2.90. The van der Waals surface area contributed by atoms with E-state index in [-0.39, 0.29) is 12.8 Å². The van der Waals surface area contributed by atoms with Gasteiger partial charge in [0.05, 0.1) is 0 Å². The van der Waals surface area contributed by atoms with Gasteiger partial charge in [0.2, 0.25) is 0 Å². The normalized spacial score (nSPS) is 18.4. The molecule has 0 aliphatic rings. The van der Waals surface area contributed by atoms with Gasteiger partial charge < -0.3 is 37.8 Å². The molecule has 2 atom stereocenters. The summed E-state index contributed by atoms with van der Waals surface area (Å²) in [6.45, 7) is 2.93. The smallest absolute Gasteiger partial charge is 0.388 e.